The van der Waals surface area contributed by atoms with Crippen molar-refractivity contribution in [2.75, 3.05) is 51.8 Å². The van der Waals surface area contributed by atoms with Gasteiger partial charge >= 0.3 is 0 Å². The largest absolute Gasteiger partial charge is 0.493 e. The van der Waals surface area contributed by atoms with Gasteiger partial charge < -0.3 is 24.2 Å². The smallest absolute Gasteiger partial charge is 0.242 e. The second-order valence-corrected chi connectivity index (χ2v) is 7.96. The fourth-order valence-electron chi connectivity index (χ4n) is 3.73. The molecule has 1 aromatic carbocycles. The number of nitrogens with zero attached hydrogens (tertiary/aromatic N) is 5. The highest BCUT2D eigenvalue weighted by Crippen LogP contribution is 2.31. The van der Waals surface area contributed by atoms with E-state index < -0.39 is 0 Å². The number of aromatic nitrogens is 2. The van der Waals surface area contributed by atoms with E-state index in [1.54, 1.807) is 24.0 Å². The van der Waals surface area contributed by atoms with Crippen molar-refractivity contribution < 1.29 is 19.1 Å². The summed E-state index contributed by atoms with van der Waals surface area (Å²) in [4.78, 5) is 29.9. The van der Waals surface area contributed by atoms with Gasteiger partial charge in [-0.05, 0) is 44.2 Å². The van der Waals surface area contributed by atoms with E-state index in [-0.39, 0.29) is 24.4 Å². The Bertz CT molecular complexity index is 940. The van der Waals surface area contributed by atoms with Crippen LogP contribution in [-0.2, 0) is 9.59 Å². The van der Waals surface area contributed by atoms with Gasteiger partial charge in [0.15, 0.2) is 17.3 Å². The first-order valence-electron chi connectivity index (χ1n) is 10.7. The first-order valence-corrected chi connectivity index (χ1v) is 10.7. The van der Waals surface area contributed by atoms with Gasteiger partial charge in [-0.1, -0.05) is 0 Å². The third-order valence-electron chi connectivity index (χ3n) is 5.62. The van der Waals surface area contributed by atoms with Gasteiger partial charge in [-0.15, -0.1) is 10.2 Å². The summed E-state index contributed by atoms with van der Waals surface area (Å²) in [7, 11) is 3.20. The predicted octanol–water partition coefficient (Wildman–Crippen LogP) is 2.07. The molecule has 172 valence electrons. The molecule has 3 rings (SSSR count). The molecule has 0 N–H and O–H groups in total. The standard InChI is InChI=1S/C23H31N5O4/c1-16(2)28(17(3)29)15-23(30)27-12-10-26(11-13-27)22-9-7-19(24-25-22)18-6-8-20(31-4)21(14-18)32-5/h6-9,14,16H,10-13,15H2,1-5H3. The summed E-state index contributed by atoms with van der Waals surface area (Å²) in [5, 5.41) is 8.76. The third kappa shape index (κ3) is 5.27. The molecule has 1 saturated heterocycles. The maximum Gasteiger partial charge on any atom is 0.242 e. The van der Waals surface area contributed by atoms with Crippen LogP contribution in [0.25, 0.3) is 11.3 Å². The Morgan fingerprint density at radius 1 is 1.00 bits per heavy atom. The second kappa shape index (κ2) is 10.3. The van der Waals surface area contributed by atoms with Crippen molar-refractivity contribution in [2.45, 2.75) is 26.8 Å². The lowest BCUT2D eigenvalue weighted by Gasteiger charge is -2.36. The number of amides is 2. The summed E-state index contributed by atoms with van der Waals surface area (Å²) in [5.74, 6) is 1.96. The molecule has 0 saturated carbocycles. The number of benzene rings is 1. The van der Waals surface area contributed by atoms with Gasteiger partial charge in [0.25, 0.3) is 0 Å². The molecule has 9 nitrogen and oxygen atoms in total. The zero-order chi connectivity index (χ0) is 23.3. The predicted molar refractivity (Wildman–Crippen MR) is 122 cm³/mol. The summed E-state index contributed by atoms with van der Waals surface area (Å²) in [6, 6.07) is 9.48. The fourth-order valence-corrected chi connectivity index (χ4v) is 3.73. The minimum Gasteiger partial charge on any atom is -0.493 e. The molecule has 1 aromatic heterocycles. The number of hydrogen-bond acceptors (Lipinski definition) is 7. The SMILES string of the molecule is COc1ccc(-c2ccc(N3CCN(C(=O)CN(C(C)=O)C(C)C)CC3)nn2)cc1OC. The molecule has 1 aliphatic heterocycles. The minimum atomic E-state index is -0.0863. The highest BCUT2D eigenvalue weighted by molar-refractivity contribution is 5.84. The van der Waals surface area contributed by atoms with Crippen molar-refractivity contribution in [3.63, 3.8) is 0 Å². The number of rotatable bonds is 7. The van der Waals surface area contributed by atoms with E-state index in [9.17, 15) is 9.59 Å². The molecule has 1 fully saturated rings. The maximum atomic E-state index is 12.6. The zero-order valence-electron chi connectivity index (χ0n) is 19.4. The average molecular weight is 442 g/mol. The van der Waals surface area contributed by atoms with E-state index in [1.165, 1.54) is 6.92 Å². The van der Waals surface area contributed by atoms with E-state index in [0.717, 1.165) is 17.1 Å². The van der Waals surface area contributed by atoms with Crippen LogP contribution < -0.4 is 14.4 Å². The van der Waals surface area contributed by atoms with Crippen LogP contribution in [0.3, 0.4) is 0 Å². The lowest BCUT2D eigenvalue weighted by Crippen LogP contribution is -2.52. The Hall–Kier alpha value is -3.36. The molecule has 2 aromatic rings. The summed E-state index contributed by atoms with van der Waals surface area (Å²) in [6.07, 6.45) is 0. The van der Waals surface area contributed by atoms with E-state index in [0.29, 0.717) is 37.7 Å². The molecule has 2 amide bonds. The van der Waals surface area contributed by atoms with Gasteiger partial charge in [-0.25, -0.2) is 0 Å². The Balaban J connectivity index is 1.60. The highest BCUT2D eigenvalue weighted by Gasteiger charge is 2.25. The van der Waals surface area contributed by atoms with Crippen LogP contribution in [-0.4, -0.2) is 84.8 Å². The van der Waals surface area contributed by atoms with E-state index in [4.69, 9.17) is 9.47 Å². The zero-order valence-corrected chi connectivity index (χ0v) is 19.4. The lowest BCUT2D eigenvalue weighted by atomic mass is 10.1. The Morgan fingerprint density at radius 3 is 2.22 bits per heavy atom. The molecule has 0 aliphatic carbocycles. The summed E-state index contributed by atoms with van der Waals surface area (Å²) < 4.78 is 10.6. The van der Waals surface area contributed by atoms with Crippen LogP contribution in [0.5, 0.6) is 11.5 Å². The Labute approximate surface area is 188 Å². The van der Waals surface area contributed by atoms with Crippen LogP contribution in [0, 0.1) is 0 Å². The van der Waals surface area contributed by atoms with Gasteiger partial charge in [-0.3, -0.25) is 9.59 Å². The van der Waals surface area contributed by atoms with Crippen LogP contribution in [0.1, 0.15) is 20.8 Å². The van der Waals surface area contributed by atoms with Gasteiger partial charge in [0.05, 0.1) is 26.5 Å². The number of anilines is 1. The molecular formula is C23H31N5O4. The molecule has 32 heavy (non-hydrogen) atoms. The minimum absolute atomic E-state index is 0.00259. The van der Waals surface area contributed by atoms with Crippen LogP contribution in [0.2, 0.25) is 0 Å². The molecule has 9 heteroatoms. The van der Waals surface area contributed by atoms with Crippen molar-refractivity contribution in [3.8, 4) is 22.8 Å². The van der Waals surface area contributed by atoms with Gasteiger partial charge in [0.1, 0.15) is 0 Å². The normalized spacial score (nSPS) is 13.8. The number of carbonyl (C=O) groups excluding carboxylic acids is 2. The topological polar surface area (TPSA) is 88.1 Å². The Morgan fingerprint density at radius 2 is 1.69 bits per heavy atom. The number of methoxy groups -OCH3 is 2. The van der Waals surface area contributed by atoms with Crippen molar-refractivity contribution in [1.82, 2.24) is 20.0 Å². The first-order chi connectivity index (χ1) is 15.3. The second-order valence-electron chi connectivity index (χ2n) is 7.96. The van der Waals surface area contributed by atoms with Gasteiger partial charge in [0.2, 0.25) is 11.8 Å². The van der Waals surface area contributed by atoms with E-state index in [2.05, 4.69) is 15.1 Å². The summed E-state index contributed by atoms with van der Waals surface area (Å²) in [6.45, 7) is 7.94. The maximum absolute atomic E-state index is 12.6. The quantitative estimate of drug-likeness (QED) is 0.650. The molecule has 0 unspecified atom stereocenters. The average Bonchev–Trinajstić information content (AvgIpc) is 2.81. The number of ether oxygens (including phenoxy) is 2. The molecule has 2 heterocycles. The highest BCUT2D eigenvalue weighted by atomic mass is 16.5. The number of piperazine rings is 1. The van der Waals surface area contributed by atoms with Gasteiger partial charge in [-0.2, -0.15) is 0 Å². The fraction of sp³-hybridized carbons (Fsp3) is 0.478. The Kier molecular flexibility index (Phi) is 7.50. The molecular weight excluding hydrogens is 410 g/mol. The molecule has 0 spiro atoms. The van der Waals surface area contributed by atoms with Crippen LogP contribution >= 0.6 is 0 Å². The van der Waals surface area contributed by atoms with Crippen molar-refractivity contribution in [2.24, 2.45) is 0 Å². The first kappa shape index (κ1) is 23.3. The van der Waals surface area contributed by atoms with Crippen molar-refractivity contribution in [3.05, 3.63) is 30.3 Å². The summed E-state index contributed by atoms with van der Waals surface area (Å²) in [5.41, 5.74) is 1.62. The lowest BCUT2D eigenvalue weighted by molar-refractivity contribution is -0.141. The monoisotopic (exact) mass is 441 g/mol. The number of carbonyl (C=O) groups is 2. The molecule has 0 bridgehead atoms. The van der Waals surface area contributed by atoms with Crippen LogP contribution in [0.4, 0.5) is 5.82 Å². The molecule has 1 aliphatic rings. The van der Waals surface area contributed by atoms with Crippen molar-refractivity contribution in [1.29, 1.82) is 0 Å². The van der Waals surface area contributed by atoms with Gasteiger partial charge in [0, 0.05) is 44.7 Å². The van der Waals surface area contributed by atoms with Crippen molar-refractivity contribution >= 4 is 17.6 Å². The van der Waals surface area contributed by atoms with E-state index >= 15 is 0 Å². The molecule has 0 atom stereocenters. The number of hydrogen-bond donors (Lipinski definition) is 0. The summed E-state index contributed by atoms with van der Waals surface area (Å²) >= 11 is 0. The van der Waals surface area contributed by atoms with E-state index in [1.807, 2.05) is 44.2 Å². The molecule has 0 radical (unpaired) electrons. The van der Waals surface area contributed by atoms with Crippen LogP contribution in [0.15, 0.2) is 30.3 Å². The third-order valence-corrected chi connectivity index (χ3v) is 5.62.